The molecule has 54 heavy (non-hydrogen) atoms. The number of carboxylic acid groups (broad SMARTS) is 1. The standard InChI is InChI=1S/C39H61NO14/c1-4-14-26-17-11-9-7-6-8-10-12-18-27(53-38-35(46)33(40)34(45)23(3)51-38)20-31-32(36(47)48)30(44)22-39(50,54-31)21-25(42)16-13-15-24(41)19-29(43)28(5-2)37(49)52-26/h6-12,18,23,25-35,38,42-46,50H,4-5,13-17,19-22,40H2,1-3H3,(H,47,48)/b7-6+,10-8+,11-9-,18-12+/t23-,25+,26?,27+,28+,29-,30+,31+,32-,33+,34-,35+,38+,39-/m1/s1. The van der Waals surface area contributed by atoms with E-state index in [0.29, 0.717) is 12.8 Å². The number of carboxylic acids is 1. The van der Waals surface area contributed by atoms with Gasteiger partial charge in [0.25, 0.3) is 0 Å². The Balaban J connectivity index is 1.90. The van der Waals surface area contributed by atoms with Crippen LogP contribution < -0.4 is 5.73 Å². The lowest BCUT2D eigenvalue weighted by Crippen LogP contribution is -2.61. The molecular weight excluding hydrogens is 706 g/mol. The summed E-state index contributed by atoms with van der Waals surface area (Å²) in [5, 5.41) is 75.1. The van der Waals surface area contributed by atoms with Gasteiger partial charge in [-0.15, -0.1) is 0 Å². The minimum Gasteiger partial charge on any atom is -0.481 e. The van der Waals surface area contributed by atoms with E-state index >= 15 is 0 Å². The molecule has 3 rings (SSSR count). The van der Waals surface area contributed by atoms with Crippen molar-refractivity contribution >= 4 is 17.7 Å². The Morgan fingerprint density at radius 2 is 1.67 bits per heavy atom. The van der Waals surface area contributed by atoms with E-state index in [9.17, 15) is 50.1 Å². The SMILES string of the molecule is CCCC1C\C=C/C=C/C=C/C=C/[C@H](O[C@@H]2O[C@H](C)[C@@H](O)[C@H](N)[C@@H]2O)C[C@@H]2O[C@](O)(C[C@@H](O)CCCC(=O)C[C@@H](O)[C@H](CC)C(=O)O1)C[C@H](O)[C@H]2C(=O)O. The molecule has 2 fully saturated rings. The summed E-state index contributed by atoms with van der Waals surface area (Å²) in [6, 6.07) is -1.10. The van der Waals surface area contributed by atoms with Crippen LogP contribution in [-0.4, -0.2) is 127 Å². The Morgan fingerprint density at radius 3 is 2.33 bits per heavy atom. The second-order valence-electron chi connectivity index (χ2n) is 14.7. The third-order valence-corrected chi connectivity index (χ3v) is 10.2. The maximum Gasteiger partial charge on any atom is 0.311 e. The first-order chi connectivity index (χ1) is 25.6. The van der Waals surface area contributed by atoms with Crippen molar-refractivity contribution in [2.75, 3.05) is 0 Å². The van der Waals surface area contributed by atoms with Gasteiger partial charge >= 0.3 is 11.9 Å². The Morgan fingerprint density at radius 1 is 0.981 bits per heavy atom. The molecule has 0 aromatic rings. The number of hydrogen-bond acceptors (Lipinski definition) is 14. The summed E-state index contributed by atoms with van der Waals surface area (Å²) in [4.78, 5) is 38.2. The topological polar surface area (TPSA) is 256 Å². The number of carbonyl (C=O) groups excluding carboxylic acids is 2. The first kappa shape index (κ1) is 45.6. The van der Waals surface area contributed by atoms with E-state index in [-0.39, 0.29) is 44.3 Å². The lowest BCUT2D eigenvalue weighted by Gasteiger charge is -2.45. The van der Waals surface area contributed by atoms with E-state index in [1.54, 1.807) is 56.4 Å². The average molecular weight is 768 g/mol. The molecule has 0 spiro atoms. The monoisotopic (exact) mass is 767 g/mol. The lowest BCUT2D eigenvalue weighted by molar-refractivity contribution is -0.308. The number of aliphatic hydroxyl groups excluding tert-OH is 5. The minimum absolute atomic E-state index is 0.0177. The smallest absolute Gasteiger partial charge is 0.311 e. The van der Waals surface area contributed by atoms with Gasteiger partial charge in [0, 0.05) is 38.5 Å². The van der Waals surface area contributed by atoms with Crippen molar-refractivity contribution in [2.24, 2.45) is 17.6 Å². The van der Waals surface area contributed by atoms with Crippen LogP contribution >= 0.6 is 0 Å². The predicted molar refractivity (Wildman–Crippen MR) is 195 cm³/mol. The van der Waals surface area contributed by atoms with E-state index in [1.807, 2.05) is 13.0 Å². The third-order valence-electron chi connectivity index (χ3n) is 10.2. The van der Waals surface area contributed by atoms with Gasteiger partial charge in [0.05, 0.1) is 54.7 Å². The minimum atomic E-state index is -2.15. The van der Waals surface area contributed by atoms with Gasteiger partial charge in [-0.2, -0.15) is 0 Å². The molecule has 14 atom stereocenters. The highest BCUT2D eigenvalue weighted by Crippen LogP contribution is 2.38. The molecule has 3 heterocycles. The maximum absolute atomic E-state index is 13.0. The second kappa shape index (κ2) is 22.0. The van der Waals surface area contributed by atoms with E-state index in [4.69, 9.17) is 24.7 Å². The largest absolute Gasteiger partial charge is 0.481 e. The number of rotatable bonds is 6. The van der Waals surface area contributed by atoms with Gasteiger partial charge in [-0.05, 0) is 32.6 Å². The summed E-state index contributed by atoms with van der Waals surface area (Å²) in [5.41, 5.74) is 6.00. The van der Waals surface area contributed by atoms with Crippen LogP contribution in [-0.2, 0) is 33.3 Å². The van der Waals surface area contributed by atoms with Crippen LogP contribution in [0.4, 0.5) is 0 Å². The summed E-state index contributed by atoms with van der Waals surface area (Å²) >= 11 is 0. The van der Waals surface area contributed by atoms with E-state index < -0.39 is 110 Å². The molecular formula is C39H61NO14. The Labute approximate surface area is 317 Å². The van der Waals surface area contributed by atoms with Crippen molar-refractivity contribution in [3.63, 3.8) is 0 Å². The highest BCUT2D eigenvalue weighted by atomic mass is 16.7. The zero-order valence-corrected chi connectivity index (χ0v) is 31.5. The second-order valence-corrected chi connectivity index (χ2v) is 14.7. The fraction of sp³-hybridized carbons (Fsp3) is 0.718. The fourth-order valence-corrected chi connectivity index (χ4v) is 7.15. The zero-order valence-electron chi connectivity index (χ0n) is 31.5. The number of aliphatic carboxylic acids is 1. The van der Waals surface area contributed by atoms with Crippen LogP contribution in [0, 0.1) is 11.8 Å². The number of aliphatic hydroxyl groups is 6. The van der Waals surface area contributed by atoms with Gasteiger partial charge in [-0.1, -0.05) is 68.9 Å². The Hall–Kier alpha value is -2.83. The van der Waals surface area contributed by atoms with Crippen LogP contribution in [0.1, 0.15) is 91.4 Å². The molecule has 306 valence electrons. The van der Waals surface area contributed by atoms with Crippen LogP contribution in [0.3, 0.4) is 0 Å². The van der Waals surface area contributed by atoms with Crippen molar-refractivity contribution in [1.82, 2.24) is 0 Å². The number of allylic oxidation sites excluding steroid dienone is 6. The van der Waals surface area contributed by atoms with Crippen LogP contribution in [0.2, 0.25) is 0 Å². The molecule has 0 aromatic heterocycles. The quantitative estimate of drug-likeness (QED) is 0.179. The summed E-state index contributed by atoms with van der Waals surface area (Å²) in [5.74, 6) is -6.81. The van der Waals surface area contributed by atoms with Crippen molar-refractivity contribution in [3.05, 3.63) is 48.6 Å². The van der Waals surface area contributed by atoms with E-state index in [2.05, 4.69) is 0 Å². The molecule has 0 aliphatic carbocycles. The number of hydrogen-bond donors (Lipinski definition) is 8. The molecule has 15 heteroatoms. The van der Waals surface area contributed by atoms with Crippen LogP contribution in [0.15, 0.2) is 48.6 Å². The number of esters is 1. The highest BCUT2D eigenvalue weighted by Gasteiger charge is 2.50. The zero-order chi connectivity index (χ0) is 40.0. The van der Waals surface area contributed by atoms with E-state index in [1.165, 1.54) is 0 Å². The van der Waals surface area contributed by atoms with Gasteiger partial charge in [0.2, 0.25) is 0 Å². The van der Waals surface area contributed by atoms with Crippen molar-refractivity contribution < 1.29 is 69.1 Å². The van der Waals surface area contributed by atoms with Crippen LogP contribution in [0.25, 0.3) is 0 Å². The van der Waals surface area contributed by atoms with Crippen molar-refractivity contribution in [1.29, 1.82) is 0 Å². The number of carbonyl (C=O) groups is 3. The number of fused-ring (bicyclic) bond motifs is 2. The van der Waals surface area contributed by atoms with Crippen molar-refractivity contribution in [3.8, 4) is 0 Å². The van der Waals surface area contributed by atoms with E-state index in [0.717, 1.165) is 6.42 Å². The van der Waals surface area contributed by atoms with Gasteiger partial charge < -0.3 is 60.4 Å². The summed E-state index contributed by atoms with van der Waals surface area (Å²) < 4.78 is 23.4. The molecule has 1 unspecified atom stereocenters. The molecule has 0 aromatic carbocycles. The molecule has 15 nitrogen and oxygen atoms in total. The third kappa shape index (κ3) is 13.7. The predicted octanol–water partition coefficient (Wildman–Crippen LogP) is 1.70. The summed E-state index contributed by atoms with van der Waals surface area (Å²) in [7, 11) is 0. The molecule has 3 aliphatic heterocycles. The Kier molecular flexibility index (Phi) is 18.6. The molecule has 9 N–H and O–H groups in total. The first-order valence-electron chi connectivity index (χ1n) is 19.1. The number of cyclic esters (lactones) is 1. The number of nitrogens with two attached hydrogens (primary N) is 1. The summed E-state index contributed by atoms with van der Waals surface area (Å²) in [6.45, 7) is 5.27. The normalized spacial score (nSPS) is 42.3. The van der Waals surface area contributed by atoms with Gasteiger partial charge in [-0.3, -0.25) is 14.4 Å². The lowest BCUT2D eigenvalue weighted by atomic mass is 9.83. The van der Waals surface area contributed by atoms with Crippen molar-refractivity contribution in [2.45, 2.75) is 164 Å². The molecule has 0 saturated carbocycles. The molecule has 0 radical (unpaired) electrons. The van der Waals surface area contributed by atoms with Gasteiger partial charge in [-0.25, -0.2) is 0 Å². The number of Topliss-reactive ketones (excluding diaryl/α,β-unsaturated/α-hetero) is 1. The maximum atomic E-state index is 13.0. The van der Waals surface area contributed by atoms with Gasteiger partial charge in [0.1, 0.15) is 23.9 Å². The average Bonchev–Trinajstić information content (AvgIpc) is 3.08. The highest BCUT2D eigenvalue weighted by molar-refractivity contribution is 5.80. The summed E-state index contributed by atoms with van der Waals surface area (Å²) in [6.07, 6.45) is 2.99. The number of ether oxygens (including phenoxy) is 4. The molecule has 3 aliphatic rings. The Bertz CT molecular complexity index is 1320. The molecule has 2 bridgehead atoms. The molecule has 2 saturated heterocycles. The first-order valence-corrected chi connectivity index (χ1v) is 19.1. The number of ketones is 1. The van der Waals surface area contributed by atoms with Gasteiger partial charge in [0.15, 0.2) is 12.1 Å². The molecule has 0 amide bonds. The van der Waals surface area contributed by atoms with Crippen LogP contribution in [0.5, 0.6) is 0 Å². The fourth-order valence-electron chi connectivity index (χ4n) is 7.15.